The molecule has 3 nitrogen and oxygen atoms in total. The van der Waals surface area contributed by atoms with Gasteiger partial charge < -0.3 is 9.47 Å². The van der Waals surface area contributed by atoms with Gasteiger partial charge >= 0.3 is 5.97 Å². The van der Waals surface area contributed by atoms with Gasteiger partial charge in [-0.1, -0.05) is 19.9 Å². The fourth-order valence-corrected chi connectivity index (χ4v) is 2.64. The van der Waals surface area contributed by atoms with Crippen LogP contribution in [0.3, 0.4) is 0 Å². The normalized spacial score (nSPS) is 16.6. The Labute approximate surface area is 121 Å². The molecule has 0 heterocycles. The van der Waals surface area contributed by atoms with Gasteiger partial charge in [0.05, 0.1) is 13.5 Å². The van der Waals surface area contributed by atoms with E-state index >= 15 is 0 Å². The van der Waals surface area contributed by atoms with Gasteiger partial charge in [-0.25, -0.2) is 0 Å². The fourth-order valence-electron chi connectivity index (χ4n) is 2.64. The predicted molar refractivity (Wildman–Crippen MR) is 79.1 cm³/mol. The second kappa shape index (κ2) is 5.86. The minimum absolute atomic E-state index is 0.193. The first-order valence-electron chi connectivity index (χ1n) is 7.31. The number of rotatable bonds is 5. The summed E-state index contributed by atoms with van der Waals surface area (Å²) in [5.41, 5.74) is 2.11. The second-order valence-corrected chi connectivity index (χ2v) is 6.13. The van der Waals surface area contributed by atoms with Crippen molar-refractivity contribution < 1.29 is 14.3 Å². The summed E-state index contributed by atoms with van der Waals surface area (Å²) in [6.45, 7) is 6.42. The lowest BCUT2D eigenvalue weighted by Crippen LogP contribution is -2.45. The van der Waals surface area contributed by atoms with Crippen LogP contribution in [0, 0.1) is 6.92 Å². The Morgan fingerprint density at radius 3 is 2.50 bits per heavy atom. The molecule has 1 saturated carbocycles. The van der Waals surface area contributed by atoms with Crippen LogP contribution in [0.5, 0.6) is 5.75 Å². The molecule has 0 radical (unpaired) electrons. The first kappa shape index (κ1) is 14.9. The summed E-state index contributed by atoms with van der Waals surface area (Å²) in [6, 6.07) is 6.32. The number of hydrogen-bond donors (Lipinski definition) is 0. The van der Waals surface area contributed by atoms with Crippen LogP contribution < -0.4 is 4.74 Å². The SMILES string of the molecule is COC(=O)CC1(Oc2cc(C)cc(C(C)C)c2)CCC1. The molecule has 0 aromatic heterocycles. The molecular weight excluding hydrogens is 252 g/mol. The van der Waals surface area contributed by atoms with Crippen LogP contribution in [-0.2, 0) is 9.53 Å². The predicted octanol–water partition coefficient (Wildman–Crippen LogP) is 3.98. The van der Waals surface area contributed by atoms with E-state index < -0.39 is 0 Å². The largest absolute Gasteiger partial charge is 0.487 e. The highest BCUT2D eigenvalue weighted by Gasteiger charge is 2.41. The molecule has 0 spiro atoms. The van der Waals surface area contributed by atoms with Gasteiger partial charge in [-0.05, 0) is 55.4 Å². The summed E-state index contributed by atoms with van der Waals surface area (Å²) in [6.07, 6.45) is 3.30. The van der Waals surface area contributed by atoms with Crippen LogP contribution in [0.2, 0.25) is 0 Å². The molecule has 1 aliphatic rings. The number of benzene rings is 1. The van der Waals surface area contributed by atoms with E-state index in [2.05, 4.69) is 32.9 Å². The smallest absolute Gasteiger partial charge is 0.309 e. The Balaban J connectivity index is 2.17. The average Bonchev–Trinajstić information content (AvgIpc) is 2.35. The maximum Gasteiger partial charge on any atom is 0.309 e. The third kappa shape index (κ3) is 3.33. The first-order valence-corrected chi connectivity index (χ1v) is 7.31. The molecule has 0 saturated heterocycles. The van der Waals surface area contributed by atoms with Gasteiger partial charge in [0.1, 0.15) is 11.4 Å². The van der Waals surface area contributed by atoms with E-state index in [4.69, 9.17) is 9.47 Å². The number of carbonyl (C=O) groups excluding carboxylic acids is 1. The van der Waals surface area contributed by atoms with Gasteiger partial charge in [-0.3, -0.25) is 4.79 Å². The summed E-state index contributed by atoms with van der Waals surface area (Å²) in [7, 11) is 1.43. The van der Waals surface area contributed by atoms with Crippen molar-refractivity contribution in [3.8, 4) is 5.75 Å². The Bertz CT molecular complexity index is 487. The Morgan fingerprint density at radius 2 is 2.00 bits per heavy atom. The molecule has 1 fully saturated rings. The van der Waals surface area contributed by atoms with Crippen LogP contribution in [0.25, 0.3) is 0 Å². The molecule has 110 valence electrons. The zero-order valence-corrected chi connectivity index (χ0v) is 12.9. The number of carbonyl (C=O) groups is 1. The number of aryl methyl sites for hydroxylation is 1. The van der Waals surface area contributed by atoms with Crippen LogP contribution >= 0.6 is 0 Å². The highest BCUT2D eigenvalue weighted by Crippen LogP contribution is 2.40. The molecule has 1 aliphatic carbocycles. The van der Waals surface area contributed by atoms with Crippen molar-refractivity contribution in [2.45, 2.75) is 58.0 Å². The lowest BCUT2D eigenvalue weighted by Gasteiger charge is -2.41. The van der Waals surface area contributed by atoms with E-state index in [1.165, 1.54) is 18.2 Å². The summed E-state index contributed by atoms with van der Waals surface area (Å²) < 4.78 is 11.0. The van der Waals surface area contributed by atoms with Crippen LogP contribution in [0.15, 0.2) is 18.2 Å². The summed E-state index contributed by atoms with van der Waals surface area (Å²) >= 11 is 0. The fraction of sp³-hybridized carbons (Fsp3) is 0.588. The van der Waals surface area contributed by atoms with Gasteiger partial charge in [-0.15, -0.1) is 0 Å². The maximum atomic E-state index is 11.6. The zero-order valence-electron chi connectivity index (χ0n) is 12.9. The van der Waals surface area contributed by atoms with Crippen LogP contribution in [0.4, 0.5) is 0 Å². The monoisotopic (exact) mass is 276 g/mol. The molecule has 0 atom stereocenters. The average molecular weight is 276 g/mol. The van der Waals surface area contributed by atoms with Crippen LogP contribution in [-0.4, -0.2) is 18.7 Å². The zero-order chi connectivity index (χ0) is 14.8. The van der Waals surface area contributed by atoms with E-state index in [-0.39, 0.29) is 11.6 Å². The van der Waals surface area contributed by atoms with Gasteiger partial charge in [-0.2, -0.15) is 0 Å². The molecule has 3 heteroatoms. The number of hydrogen-bond acceptors (Lipinski definition) is 3. The summed E-state index contributed by atoms with van der Waals surface area (Å²) in [4.78, 5) is 11.6. The topological polar surface area (TPSA) is 35.5 Å². The number of esters is 1. The van der Waals surface area contributed by atoms with Crippen molar-refractivity contribution in [3.05, 3.63) is 29.3 Å². The second-order valence-electron chi connectivity index (χ2n) is 6.13. The summed E-state index contributed by atoms with van der Waals surface area (Å²) in [5.74, 6) is 1.15. The molecule has 0 N–H and O–H groups in total. The lowest BCUT2D eigenvalue weighted by atomic mass is 9.77. The van der Waals surface area contributed by atoms with Crippen LogP contribution in [0.1, 0.15) is 56.6 Å². The molecule has 0 unspecified atom stereocenters. The van der Waals surface area contributed by atoms with Gasteiger partial charge in [0.25, 0.3) is 0 Å². The standard InChI is InChI=1S/C17H24O3/c1-12(2)14-8-13(3)9-15(10-14)20-17(6-5-7-17)11-16(18)19-4/h8-10,12H,5-7,11H2,1-4H3. The molecule has 0 aliphatic heterocycles. The van der Waals surface area contributed by atoms with Gasteiger partial charge in [0, 0.05) is 0 Å². The number of ether oxygens (including phenoxy) is 2. The summed E-state index contributed by atoms with van der Waals surface area (Å²) in [5, 5.41) is 0. The quantitative estimate of drug-likeness (QED) is 0.763. The third-order valence-electron chi connectivity index (χ3n) is 4.03. The van der Waals surface area contributed by atoms with Crippen molar-refractivity contribution in [1.29, 1.82) is 0 Å². The van der Waals surface area contributed by atoms with E-state index in [1.54, 1.807) is 0 Å². The van der Waals surface area contributed by atoms with Crippen molar-refractivity contribution in [3.63, 3.8) is 0 Å². The third-order valence-corrected chi connectivity index (χ3v) is 4.03. The highest BCUT2D eigenvalue weighted by atomic mass is 16.5. The minimum atomic E-state index is -0.352. The van der Waals surface area contributed by atoms with E-state index in [0.29, 0.717) is 12.3 Å². The first-order chi connectivity index (χ1) is 9.44. The Morgan fingerprint density at radius 1 is 1.30 bits per heavy atom. The maximum absolute atomic E-state index is 11.6. The van der Waals surface area contributed by atoms with E-state index in [0.717, 1.165) is 25.0 Å². The number of methoxy groups -OCH3 is 1. The molecule has 20 heavy (non-hydrogen) atoms. The van der Waals surface area contributed by atoms with E-state index in [9.17, 15) is 4.79 Å². The molecule has 1 aromatic rings. The van der Waals surface area contributed by atoms with Gasteiger partial charge in [0.15, 0.2) is 0 Å². The van der Waals surface area contributed by atoms with Crippen molar-refractivity contribution in [2.24, 2.45) is 0 Å². The minimum Gasteiger partial charge on any atom is -0.487 e. The van der Waals surface area contributed by atoms with Crippen molar-refractivity contribution in [1.82, 2.24) is 0 Å². The van der Waals surface area contributed by atoms with E-state index in [1.807, 2.05) is 6.07 Å². The lowest BCUT2D eigenvalue weighted by molar-refractivity contribution is -0.148. The van der Waals surface area contributed by atoms with Crippen molar-refractivity contribution >= 4 is 5.97 Å². The highest BCUT2D eigenvalue weighted by molar-refractivity contribution is 5.70. The molecule has 1 aromatic carbocycles. The molecule has 0 bridgehead atoms. The van der Waals surface area contributed by atoms with Gasteiger partial charge in [0.2, 0.25) is 0 Å². The molecular formula is C17H24O3. The Hall–Kier alpha value is -1.51. The molecule has 2 rings (SSSR count). The van der Waals surface area contributed by atoms with Crippen molar-refractivity contribution in [2.75, 3.05) is 7.11 Å². The molecule has 0 amide bonds. The Kier molecular flexibility index (Phi) is 4.36.